The average Bonchev–Trinajstić information content (AvgIpc) is 2.55. The lowest BCUT2D eigenvalue weighted by molar-refractivity contribution is -0.157. The molecule has 3 atom stereocenters. The standard InChI is InChI=1S/C20H21F6NO3/c1-18(2,22)10-15(17(28)29)27-16(20(24,25)26)12-6-7-14(19(23,30)9-12)11-4-3-5-13(21)8-11/h3-8,15-16,27,30H,9-10H2,1-2H3,(H,28,29). The second kappa shape index (κ2) is 8.43. The maximum absolute atomic E-state index is 14.9. The Labute approximate surface area is 168 Å². The van der Waals surface area contributed by atoms with Gasteiger partial charge >= 0.3 is 12.1 Å². The summed E-state index contributed by atoms with van der Waals surface area (Å²) in [4.78, 5) is 11.3. The van der Waals surface area contributed by atoms with E-state index in [4.69, 9.17) is 0 Å². The van der Waals surface area contributed by atoms with Crippen molar-refractivity contribution in [2.24, 2.45) is 0 Å². The van der Waals surface area contributed by atoms with Gasteiger partial charge in [0.1, 0.15) is 23.6 Å². The number of hydrogen-bond donors (Lipinski definition) is 3. The van der Waals surface area contributed by atoms with Crippen LogP contribution in [0, 0.1) is 5.82 Å². The number of aliphatic hydroxyl groups is 1. The highest BCUT2D eigenvalue weighted by Crippen LogP contribution is 2.41. The summed E-state index contributed by atoms with van der Waals surface area (Å²) in [6.45, 7) is 2.03. The van der Waals surface area contributed by atoms with Crippen LogP contribution in [0.4, 0.5) is 26.3 Å². The van der Waals surface area contributed by atoms with E-state index in [0.717, 1.165) is 38.1 Å². The van der Waals surface area contributed by atoms with E-state index in [1.54, 1.807) is 0 Å². The fraction of sp³-hybridized carbons (Fsp3) is 0.450. The Morgan fingerprint density at radius 1 is 1.23 bits per heavy atom. The van der Waals surface area contributed by atoms with Crippen molar-refractivity contribution in [2.75, 3.05) is 0 Å². The van der Waals surface area contributed by atoms with Gasteiger partial charge in [-0.05, 0) is 37.1 Å². The van der Waals surface area contributed by atoms with Gasteiger partial charge in [0.15, 0.2) is 0 Å². The van der Waals surface area contributed by atoms with Crippen LogP contribution in [0.15, 0.2) is 42.0 Å². The number of aliphatic carboxylic acids is 1. The van der Waals surface area contributed by atoms with E-state index >= 15 is 0 Å². The van der Waals surface area contributed by atoms with Gasteiger partial charge in [-0.25, -0.2) is 13.2 Å². The number of allylic oxidation sites excluding steroid dienone is 2. The molecule has 1 aliphatic rings. The monoisotopic (exact) mass is 437 g/mol. The Morgan fingerprint density at radius 2 is 1.87 bits per heavy atom. The molecule has 3 unspecified atom stereocenters. The molecule has 3 N–H and O–H groups in total. The van der Waals surface area contributed by atoms with Gasteiger partial charge in [-0.3, -0.25) is 10.1 Å². The van der Waals surface area contributed by atoms with Gasteiger partial charge in [0.05, 0.1) is 0 Å². The van der Waals surface area contributed by atoms with Gasteiger partial charge in [0, 0.05) is 18.4 Å². The average molecular weight is 437 g/mol. The molecule has 0 aromatic heterocycles. The molecule has 0 heterocycles. The molecule has 0 saturated carbocycles. The number of rotatable bonds is 7. The van der Waals surface area contributed by atoms with Crippen LogP contribution in [0.2, 0.25) is 0 Å². The molecule has 0 aliphatic heterocycles. The summed E-state index contributed by atoms with van der Waals surface area (Å²) in [5, 5.41) is 21.1. The third-order valence-corrected chi connectivity index (χ3v) is 4.50. The first-order valence-corrected chi connectivity index (χ1v) is 8.93. The molecular weight excluding hydrogens is 416 g/mol. The van der Waals surface area contributed by atoms with Crippen LogP contribution in [0.25, 0.3) is 5.57 Å². The number of carbonyl (C=O) groups is 1. The van der Waals surface area contributed by atoms with Crippen LogP contribution in [0.3, 0.4) is 0 Å². The lowest BCUT2D eigenvalue weighted by Gasteiger charge is -2.34. The van der Waals surface area contributed by atoms with Gasteiger partial charge in [-0.2, -0.15) is 13.2 Å². The van der Waals surface area contributed by atoms with E-state index in [2.05, 4.69) is 0 Å². The fourth-order valence-corrected chi connectivity index (χ4v) is 3.23. The van der Waals surface area contributed by atoms with Gasteiger partial charge in [-0.15, -0.1) is 0 Å². The number of benzene rings is 1. The van der Waals surface area contributed by atoms with Crippen molar-refractivity contribution in [1.82, 2.24) is 5.32 Å². The largest absolute Gasteiger partial charge is 0.480 e. The molecule has 0 amide bonds. The summed E-state index contributed by atoms with van der Waals surface area (Å²) in [5.41, 5.74) is -3.27. The molecule has 30 heavy (non-hydrogen) atoms. The molecule has 0 saturated heterocycles. The summed E-state index contributed by atoms with van der Waals surface area (Å²) >= 11 is 0. The zero-order chi connectivity index (χ0) is 22.9. The molecular formula is C20H21F6NO3. The maximum Gasteiger partial charge on any atom is 0.407 e. The summed E-state index contributed by atoms with van der Waals surface area (Å²) in [5.74, 6) is -5.70. The Morgan fingerprint density at radius 3 is 2.33 bits per heavy atom. The zero-order valence-corrected chi connectivity index (χ0v) is 16.1. The highest BCUT2D eigenvalue weighted by Gasteiger charge is 2.48. The van der Waals surface area contributed by atoms with Gasteiger partial charge in [0.2, 0.25) is 5.85 Å². The summed E-state index contributed by atoms with van der Waals surface area (Å²) in [6, 6.07) is -0.0442. The van der Waals surface area contributed by atoms with Crippen LogP contribution in [0.5, 0.6) is 0 Å². The van der Waals surface area contributed by atoms with E-state index in [-0.39, 0.29) is 5.56 Å². The van der Waals surface area contributed by atoms with Crippen molar-refractivity contribution in [3.05, 3.63) is 53.4 Å². The number of carboxylic acid groups (broad SMARTS) is 1. The van der Waals surface area contributed by atoms with Crippen LogP contribution >= 0.6 is 0 Å². The lowest BCUT2D eigenvalue weighted by atomic mass is 9.85. The van der Waals surface area contributed by atoms with Gasteiger partial charge in [0.25, 0.3) is 0 Å². The smallest absolute Gasteiger partial charge is 0.407 e. The highest BCUT2D eigenvalue weighted by molar-refractivity contribution is 5.75. The van der Waals surface area contributed by atoms with Crippen molar-refractivity contribution in [2.45, 2.75) is 56.5 Å². The Balaban J connectivity index is 2.42. The van der Waals surface area contributed by atoms with Crippen molar-refractivity contribution in [3.63, 3.8) is 0 Å². The van der Waals surface area contributed by atoms with Crippen LogP contribution in [0.1, 0.15) is 32.3 Å². The second-order valence-electron chi connectivity index (χ2n) is 7.72. The Bertz CT molecular complexity index is 855. The summed E-state index contributed by atoms with van der Waals surface area (Å²) in [7, 11) is 0. The Kier molecular flexibility index (Phi) is 6.72. The molecule has 10 heteroatoms. The van der Waals surface area contributed by atoms with E-state index in [1.165, 1.54) is 12.1 Å². The summed E-state index contributed by atoms with van der Waals surface area (Å²) < 4.78 is 83.0. The summed E-state index contributed by atoms with van der Waals surface area (Å²) in [6.07, 6.45) is -5.20. The first-order valence-electron chi connectivity index (χ1n) is 8.93. The van der Waals surface area contributed by atoms with Crippen molar-refractivity contribution in [1.29, 1.82) is 0 Å². The number of carboxylic acids is 1. The first-order chi connectivity index (χ1) is 13.6. The quantitative estimate of drug-likeness (QED) is 0.556. The molecule has 0 bridgehead atoms. The third kappa shape index (κ3) is 6.09. The predicted molar refractivity (Wildman–Crippen MR) is 97.3 cm³/mol. The van der Waals surface area contributed by atoms with Crippen molar-refractivity contribution < 1.29 is 41.4 Å². The van der Waals surface area contributed by atoms with Crippen molar-refractivity contribution in [3.8, 4) is 0 Å². The SMILES string of the molecule is CC(C)(F)CC(NC(C1=CC=C(c2cccc(F)c2)C(O)(F)C1)C(F)(F)F)C(=O)O. The van der Waals surface area contributed by atoms with E-state index in [0.29, 0.717) is 0 Å². The van der Waals surface area contributed by atoms with Crippen LogP contribution in [-0.2, 0) is 4.79 Å². The van der Waals surface area contributed by atoms with Gasteiger partial charge in [-0.1, -0.05) is 24.3 Å². The van der Waals surface area contributed by atoms with Crippen LogP contribution in [-0.4, -0.2) is 46.0 Å². The molecule has 1 aromatic rings. The molecule has 2 rings (SSSR count). The highest BCUT2D eigenvalue weighted by atomic mass is 19.4. The van der Waals surface area contributed by atoms with Crippen LogP contribution < -0.4 is 5.32 Å². The molecule has 4 nitrogen and oxygen atoms in total. The predicted octanol–water partition coefficient (Wildman–Crippen LogP) is 4.31. The topological polar surface area (TPSA) is 69.6 Å². The van der Waals surface area contributed by atoms with Gasteiger partial charge < -0.3 is 10.2 Å². The third-order valence-electron chi connectivity index (χ3n) is 4.50. The van der Waals surface area contributed by atoms with E-state index in [1.807, 2.05) is 5.32 Å². The molecule has 0 radical (unpaired) electrons. The molecule has 166 valence electrons. The Hall–Kier alpha value is -2.33. The number of hydrogen-bond acceptors (Lipinski definition) is 3. The van der Waals surface area contributed by atoms with E-state index in [9.17, 15) is 41.4 Å². The normalized spacial score (nSPS) is 22.2. The molecule has 0 fully saturated rings. The van der Waals surface area contributed by atoms with E-state index < -0.39 is 65.6 Å². The molecule has 1 aromatic carbocycles. The first kappa shape index (κ1) is 23.9. The molecule has 0 spiro atoms. The number of alkyl halides is 5. The maximum atomic E-state index is 14.9. The minimum atomic E-state index is -5.06. The molecule has 1 aliphatic carbocycles. The minimum Gasteiger partial charge on any atom is -0.480 e. The second-order valence-corrected chi connectivity index (χ2v) is 7.72. The lowest BCUT2D eigenvalue weighted by Crippen LogP contribution is -2.53. The minimum absolute atomic E-state index is 0.0607. The fourth-order valence-electron chi connectivity index (χ4n) is 3.23. The number of nitrogens with one attached hydrogen (secondary N) is 1. The number of halogens is 6. The zero-order valence-electron chi connectivity index (χ0n) is 16.1. The van der Waals surface area contributed by atoms with Crippen molar-refractivity contribution >= 4 is 11.5 Å².